The van der Waals surface area contributed by atoms with E-state index in [1.54, 1.807) is 11.1 Å². The molecule has 2 aromatic carbocycles. The first kappa shape index (κ1) is 17.8. The van der Waals surface area contributed by atoms with Crippen molar-refractivity contribution in [2.75, 3.05) is 0 Å². The Balaban J connectivity index is 1.58. The largest absolute Gasteiger partial charge is 0.264 e. The minimum atomic E-state index is 0.780. The molecule has 2 aromatic heterocycles. The molecule has 0 radical (unpaired) electrons. The van der Waals surface area contributed by atoms with E-state index in [0.717, 1.165) is 17.4 Å². The molecule has 0 aliphatic heterocycles. The second-order valence-corrected chi connectivity index (χ2v) is 9.24. The normalized spacial score (nSPS) is 19.4. The first-order chi connectivity index (χ1) is 14.6. The summed E-state index contributed by atoms with van der Waals surface area (Å²) in [4.78, 5) is 4.30. The van der Waals surface area contributed by atoms with Gasteiger partial charge in [0.1, 0.15) is 7.05 Å². The van der Waals surface area contributed by atoms with Gasteiger partial charge in [-0.2, -0.15) is 4.57 Å². The van der Waals surface area contributed by atoms with Gasteiger partial charge in [-0.05, 0) is 89.9 Å². The molecule has 2 bridgehead atoms. The number of aromatic nitrogens is 2. The Morgan fingerprint density at radius 1 is 0.900 bits per heavy atom. The molecular weight excluding hydrogens is 364 g/mol. The van der Waals surface area contributed by atoms with Crippen molar-refractivity contribution in [2.24, 2.45) is 7.05 Å². The lowest BCUT2D eigenvalue weighted by molar-refractivity contribution is -0.665. The number of nitrogens with zero attached hydrogens (tertiary/aromatic N) is 2. The fourth-order valence-corrected chi connectivity index (χ4v) is 5.87. The molecule has 30 heavy (non-hydrogen) atoms. The van der Waals surface area contributed by atoms with Crippen molar-refractivity contribution < 1.29 is 4.57 Å². The van der Waals surface area contributed by atoms with E-state index in [0.29, 0.717) is 0 Å². The Morgan fingerprint density at radius 2 is 1.70 bits per heavy atom. The highest BCUT2D eigenvalue weighted by atomic mass is 14.9. The zero-order valence-electron chi connectivity index (χ0n) is 17.9. The molecular formula is C28H27N2+. The fraction of sp³-hybridized carbons (Fsp3) is 0.286. The molecule has 2 heterocycles. The average molecular weight is 392 g/mol. The topological polar surface area (TPSA) is 16.8 Å². The van der Waals surface area contributed by atoms with Gasteiger partial charge < -0.3 is 0 Å². The molecule has 2 nitrogen and oxygen atoms in total. The molecule has 0 N–H and O–H groups in total. The van der Waals surface area contributed by atoms with Gasteiger partial charge in [0.2, 0.25) is 5.69 Å². The quantitative estimate of drug-likeness (QED) is 0.363. The number of hydrogen-bond donors (Lipinski definition) is 0. The van der Waals surface area contributed by atoms with Crippen LogP contribution in [-0.4, -0.2) is 4.98 Å². The number of benzene rings is 2. The van der Waals surface area contributed by atoms with E-state index in [1.807, 2.05) is 18.5 Å². The van der Waals surface area contributed by atoms with E-state index < -0.39 is 0 Å². The zero-order chi connectivity index (χ0) is 20.4. The second-order valence-electron chi connectivity index (χ2n) is 9.24. The molecule has 2 aliphatic rings. The van der Waals surface area contributed by atoms with E-state index in [9.17, 15) is 0 Å². The van der Waals surface area contributed by atoms with Gasteiger partial charge in [-0.15, -0.1) is 0 Å². The Hall–Kier alpha value is -3.00. The summed E-state index contributed by atoms with van der Waals surface area (Å²) in [5.74, 6) is 1.59. The minimum Gasteiger partial charge on any atom is -0.264 e. The molecule has 2 unspecified atom stereocenters. The van der Waals surface area contributed by atoms with Crippen molar-refractivity contribution in [1.82, 2.24) is 4.98 Å². The third-order valence-electron chi connectivity index (χ3n) is 7.53. The fourth-order valence-electron chi connectivity index (χ4n) is 5.87. The summed E-state index contributed by atoms with van der Waals surface area (Å²) in [6.07, 6.45) is 7.89. The maximum Gasteiger partial charge on any atom is 0.220 e. The molecule has 148 valence electrons. The summed E-state index contributed by atoms with van der Waals surface area (Å²) in [5, 5.41) is 2.62. The SMILES string of the molecule is Cc1cc2c(cc1-c1c3ccc(-c4cccnc4)cc3cc(C)[n+]1C)C1CCC2C1. The number of hydrogen-bond acceptors (Lipinski definition) is 1. The molecule has 1 fully saturated rings. The monoisotopic (exact) mass is 391 g/mol. The molecule has 4 aromatic rings. The molecule has 0 saturated heterocycles. The number of aryl methyl sites for hydroxylation is 2. The summed E-state index contributed by atoms with van der Waals surface area (Å²) in [6.45, 7) is 4.50. The van der Waals surface area contributed by atoms with Crippen molar-refractivity contribution in [2.45, 2.75) is 44.9 Å². The van der Waals surface area contributed by atoms with Gasteiger partial charge in [-0.1, -0.05) is 18.2 Å². The second kappa shape index (κ2) is 6.50. The van der Waals surface area contributed by atoms with E-state index in [-0.39, 0.29) is 0 Å². The van der Waals surface area contributed by atoms with Crippen molar-refractivity contribution in [3.63, 3.8) is 0 Å². The highest BCUT2D eigenvalue weighted by Gasteiger charge is 2.37. The Morgan fingerprint density at radius 3 is 2.47 bits per heavy atom. The average Bonchev–Trinajstić information content (AvgIpc) is 3.37. The van der Waals surface area contributed by atoms with Crippen molar-refractivity contribution >= 4 is 10.8 Å². The van der Waals surface area contributed by atoms with E-state index in [2.05, 4.69) is 72.9 Å². The van der Waals surface area contributed by atoms with Crippen LogP contribution in [0.1, 0.15) is 53.5 Å². The first-order valence-corrected chi connectivity index (χ1v) is 11.1. The molecule has 2 heteroatoms. The highest BCUT2D eigenvalue weighted by Crippen LogP contribution is 2.54. The molecule has 0 amide bonds. The Bertz CT molecular complexity index is 1300. The molecule has 2 atom stereocenters. The lowest BCUT2D eigenvalue weighted by Crippen LogP contribution is -2.35. The summed E-state index contributed by atoms with van der Waals surface area (Å²) < 4.78 is 2.37. The van der Waals surface area contributed by atoms with Crippen LogP contribution < -0.4 is 4.57 Å². The summed E-state index contributed by atoms with van der Waals surface area (Å²) in [5.41, 5.74) is 11.0. The lowest BCUT2D eigenvalue weighted by atomic mass is 9.86. The van der Waals surface area contributed by atoms with Gasteiger partial charge in [0.25, 0.3) is 0 Å². The summed E-state index contributed by atoms with van der Waals surface area (Å²) in [7, 11) is 2.21. The minimum absolute atomic E-state index is 0.780. The van der Waals surface area contributed by atoms with Crippen molar-refractivity contribution in [1.29, 1.82) is 0 Å². The molecule has 1 saturated carbocycles. The van der Waals surface area contributed by atoms with Crippen LogP contribution in [0.25, 0.3) is 33.2 Å². The zero-order valence-corrected chi connectivity index (χ0v) is 17.9. The highest BCUT2D eigenvalue weighted by molar-refractivity contribution is 5.96. The van der Waals surface area contributed by atoms with Crippen LogP contribution in [0.2, 0.25) is 0 Å². The lowest BCUT2D eigenvalue weighted by Gasteiger charge is -2.18. The van der Waals surface area contributed by atoms with Crippen LogP contribution in [0.15, 0.2) is 60.9 Å². The van der Waals surface area contributed by atoms with E-state index in [1.165, 1.54) is 58.1 Å². The molecule has 2 aliphatic carbocycles. The Kier molecular flexibility index (Phi) is 3.86. The van der Waals surface area contributed by atoms with Gasteiger partial charge in [-0.3, -0.25) is 4.98 Å². The number of rotatable bonds is 2. The van der Waals surface area contributed by atoms with Crippen molar-refractivity contribution in [3.8, 4) is 22.4 Å². The third kappa shape index (κ3) is 2.56. The smallest absolute Gasteiger partial charge is 0.220 e. The van der Waals surface area contributed by atoms with Crippen LogP contribution >= 0.6 is 0 Å². The van der Waals surface area contributed by atoms with Crippen LogP contribution in [0.4, 0.5) is 0 Å². The van der Waals surface area contributed by atoms with Crippen LogP contribution in [0.3, 0.4) is 0 Å². The van der Waals surface area contributed by atoms with Crippen molar-refractivity contribution in [3.05, 3.63) is 83.3 Å². The standard InChI is InChI=1S/C28H27N2/c1-17-11-26-20-6-7-21(14-20)27(26)15-25(17)28-24-9-8-19(22-5-4-10-29-16-22)13-23(24)12-18(2)30(28)3/h4-5,8-13,15-16,20-21H,6-7,14H2,1-3H3/q+1. The Labute approximate surface area is 178 Å². The van der Waals surface area contributed by atoms with Gasteiger partial charge in [-0.25, -0.2) is 0 Å². The van der Waals surface area contributed by atoms with Gasteiger partial charge in [0, 0.05) is 30.9 Å². The van der Waals surface area contributed by atoms with Gasteiger partial charge in [0.05, 0.1) is 10.9 Å². The summed E-state index contributed by atoms with van der Waals surface area (Å²) >= 11 is 0. The van der Waals surface area contributed by atoms with Crippen LogP contribution in [-0.2, 0) is 7.05 Å². The van der Waals surface area contributed by atoms with Crippen LogP contribution in [0.5, 0.6) is 0 Å². The predicted molar refractivity (Wildman–Crippen MR) is 123 cm³/mol. The number of pyridine rings is 2. The molecule has 0 spiro atoms. The van der Waals surface area contributed by atoms with Gasteiger partial charge in [0.15, 0.2) is 5.69 Å². The maximum absolute atomic E-state index is 4.30. The third-order valence-corrected chi connectivity index (χ3v) is 7.53. The first-order valence-electron chi connectivity index (χ1n) is 11.1. The van der Waals surface area contributed by atoms with E-state index >= 15 is 0 Å². The molecule has 6 rings (SSSR count). The maximum atomic E-state index is 4.30. The predicted octanol–water partition coefficient (Wildman–Crippen LogP) is 6.37. The number of fused-ring (bicyclic) bond motifs is 6. The van der Waals surface area contributed by atoms with Crippen LogP contribution in [0, 0.1) is 13.8 Å². The summed E-state index contributed by atoms with van der Waals surface area (Å²) in [6, 6.07) is 18.3. The van der Waals surface area contributed by atoms with E-state index in [4.69, 9.17) is 0 Å². The van der Waals surface area contributed by atoms with Gasteiger partial charge >= 0.3 is 0 Å².